The van der Waals surface area contributed by atoms with Crippen LogP contribution in [0.15, 0.2) is 42.5 Å². The van der Waals surface area contributed by atoms with Gasteiger partial charge in [0.25, 0.3) is 0 Å². The Bertz CT molecular complexity index is 1200. The first-order chi connectivity index (χ1) is 14.8. The number of hydrogen-bond acceptors (Lipinski definition) is 7. The van der Waals surface area contributed by atoms with Gasteiger partial charge < -0.3 is 19.5 Å². The lowest BCUT2D eigenvalue weighted by Crippen LogP contribution is -2.20. The largest absolute Gasteiger partial charge is 0.493 e. The van der Waals surface area contributed by atoms with Gasteiger partial charge in [-0.25, -0.2) is 9.38 Å². The number of ether oxygens (including phenoxy) is 3. The summed E-state index contributed by atoms with van der Waals surface area (Å²) >= 11 is 0. The molecule has 2 aromatic carbocycles. The van der Waals surface area contributed by atoms with Crippen molar-refractivity contribution in [2.45, 2.75) is 18.9 Å². The molecule has 1 atom stereocenters. The van der Waals surface area contributed by atoms with E-state index in [2.05, 4.69) is 15.5 Å². The zero-order valence-electron chi connectivity index (χ0n) is 17.0. The van der Waals surface area contributed by atoms with E-state index in [-0.39, 0.29) is 6.10 Å². The van der Waals surface area contributed by atoms with Crippen molar-refractivity contribution in [2.75, 3.05) is 32.7 Å². The number of hydrogen-bond donors (Lipinski definition) is 1. The van der Waals surface area contributed by atoms with E-state index in [0.717, 1.165) is 41.6 Å². The van der Waals surface area contributed by atoms with Crippen LogP contribution in [0.5, 0.6) is 11.5 Å². The van der Waals surface area contributed by atoms with Crippen LogP contribution in [0, 0.1) is 0 Å². The molecule has 0 bridgehead atoms. The Kier molecular flexibility index (Phi) is 4.84. The van der Waals surface area contributed by atoms with Crippen LogP contribution in [0.4, 0.5) is 5.95 Å². The molecule has 1 unspecified atom stereocenters. The third-order valence-electron chi connectivity index (χ3n) is 5.40. The van der Waals surface area contributed by atoms with E-state index in [1.54, 1.807) is 14.2 Å². The van der Waals surface area contributed by atoms with Crippen molar-refractivity contribution >= 4 is 22.5 Å². The SMILES string of the molecule is COc1ccc(-c2nnc3c4ccccc4nc(NCC4CCCO4)n23)cc1OC. The van der Waals surface area contributed by atoms with Crippen molar-refractivity contribution in [1.29, 1.82) is 0 Å². The maximum Gasteiger partial charge on any atom is 0.211 e. The molecule has 5 rings (SSSR count). The third kappa shape index (κ3) is 3.19. The molecule has 2 aromatic heterocycles. The van der Waals surface area contributed by atoms with Gasteiger partial charge in [0.15, 0.2) is 23.0 Å². The number of aromatic nitrogens is 4. The fraction of sp³-hybridized carbons (Fsp3) is 0.318. The molecule has 1 aliphatic heterocycles. The molecule has 0 saturated carbocycles. The van der Waals surface area contributed by atoms with Gasteiger partial charge in [-0.2, -0.15) is 0 Å². The molecule has 8 heteroatoms. The lowest BCUT2D eigenvalue weighted by Gasteiger charge is -2.15. The number of nitrogens with zero attached hydrogens (tertiary/aromatic N) is 4. The highest BCUT2D eigenvalue weighted by Gasteiger charge is 2.20. The minimum absolute atomic E-state index is 0.189. The van der Waals surface area contributed by atoms with Crippen LogP contribution < -0.4 is 14.8 Å². The Hall–Kier alpha value is -3.39. The minimum atomic E-state index is 0.189. The zero-order chi connectivity index (χ0) is 20.5. The predicted octanol–water partition coefficient (Wildman–Crippen LogP) is 3.55. The minimum Gasteiger partial charge on any atom is -0.493 e. The topological polar surface area (TPSA) is 82.8 Å². The lowest BCUT2D eigenvalue weighted by molar-refractivity contribution is 0.120. The molecule has 0 amide bonds. The summed E-state index contributed by atoms with van der Waals surface area (Å²) in [6.45, 7) is 1.50. The fourth-order valence-corrected chi connectivity index (χ4v) is 3.87. The molecule has 1 saturated heterocycles. The van der Waals surface area contributed by atoms with Crippen molar-refractivity contribution in [3.63, 3.8) is 0 Å². The van der Waals surface area contributed by atoms with E-state index in [1.165, 1.54) is 0 Å². The number of para-hydroxylation sites is 1. The number of rotatable bonds is 6. The van der Waals surface area contributed by atoms with E-state index in [1.807, 2.05) is 46.9 Å². The number of benzene rings is 2. The number of methoxy groups -OCH3 is 2. The molecule has 3 heterocycles. The van der Waals surface area contributed by atoms with Gasteiger partial charge in [-0.05, 0) is 43.2 Å². The first kappa shape index (κ1) is 18.6. The fourth-order valence-electron chi connectivity index (χ4n) is 3.87. The number of nitrogens with one attached hydrogen (secondary N) is 1. The quantitative estimate of drug-likeness (QED) is 0.525. The first-order valence-corrected chi connectivity index (χ1v) is 10.00. The normalized spacial score (nSPS) is 16.3. The highest BCUT2D eigenvalue weighted by Crippen LogP contribution is 2.33. The third-order valence-corrected chi connectivity index (χ3v) is 5.40. The second kappa shape index (κ2) is 7.79. The van der Waals surface area contributed by atoms with Crippen LogP contribution in [0.3, 0.4) is 0 Å². The Balaban J connectivity index is 1.66. The first-order valence-electron chi connectivity index (χ1n) is 10.00. The van der Waals surface area contributed by atoms with E-state index >= 15 is 0 Å². The number of fused-ring (bicyclic) bond motifs is 3. The van der Waals surface area contributed by atoms with Gasteiger partial charge in [-0.1, -0.05) is 12.1 Å². The molecular formula is C22H23N5O3. The average molecular weight is 405 g/mol. The van der Waals surface area contributed by atoms with Crippen molar-refractivity contribution in [2.24, 2.45) is 0 Å². The molecule has 0 aliphatic carbocycles. The van der Waals surface area contributed by atoms with Gasteiger partial charge in [0.2, 0.25) is 5.95 Å². The second-order valence-electron chi connectivity index (χ2n) is 7.22. The predicted molar refractivity (Wildman–Crippen MR) is 114 cm³/mol. The summed E-state index contributed by atoms with van der Waals surface area (Å²) in [5.41, 5.74) is 2.48. The molecule has 4 aromatic rings. The van der Waals surface area contributed by atoms with Gasteiger partial charge in [0.05, 0.1) is 25.8 Å². The van der Waals surface area contributed by atoms with Crippen molar-refractivity contribution < 1.29 is 14.2 Å². The summed E-state index contributed by atoms with van der Waals surface area (Å²) in [7, 11) is 3.24. The van der Waals surface area contributed by atoms with Crippen LogP contribution in [-0.2, 0) is 4.74 Å². The van der Waals surface area contributed by atoms with Gasteiger partial charge in [-0.15, -0.1) is 10.2 Å². The van der Waals surface area contributed by atoms with Crippen molar-refractivity contribution in [3.8, 4) is 22.9 Å². The van der Waals surface area contributed by atoms with Crippen molar-refractivity contribution in [1.82, 2.24) is 19.6 Å². The molecule has 1 N–H and O–H groups in total. The van der Waals surface area contributed by atoms with Crippen LogP contribution in [0.1, 0.15) is 12.8 Å². The molecule has 0 spiro atoms. The Labute approximate surface area is 173 Å². The van der Waals surface area contributed by atoms with Gasteiger partial charge >= 0.3 is 0 Å². The Morgan fingerprint density at radius 1 is 1.10 bits per heavy atom. The van der Waals surface area contributed by atoms with Gasteiger partial charge in [0.1, 0.15) is 0 Å². The van der Waals surface area contributed by atoms with Crippen LogP contribution in [0.25, 0.3) is 27.9 Å². The van der Waals surface area contributed by atoms with Crippen LogP contribution in [-0.4, -0.2) is 53.1 Å². The molecular weight excluding hydrogens is 382 g/mol. The average Bonchev–Trinajstić information content (AvgIpc) is 3.47. The summed E-state index contributed by atoms with van der Waals surface area (Å²) < 4.78 is 18.6. The maximum absolute atomic E-state index is 5.77. The molecule has 30 heavy (non-hydrogen) atoms. The summed E-state index contributed by atoms with van der Waals surface area (Å²) in [5.74, 6) is 2.66. The summed E-state index contributed by atoms with van der Waals surface area (Å²) in [6.07, 6.45) is 2.33. The van der Waals surface area contributed by atoms with Gasteiger partial charge in [-0.3, -0.25) is 0 Å². The molecule has 154 valence electrons. The number of anilines is 1. The van der Waals surface area contributed by atoms with E-state index in [9.17, 15) is 0 Å². The highest BCUT2D eigenvalue weighted by atomic mass is 16.5. The highest BCUT2D eigenvalue weighted by molar-refractivity contribution is 5.93. The summed E-state index contributed by atoms with van der Waals surface area (Å²) in [4.78, 5) is 4.86. The second-order valence-corrected chi connectivity index (χ2v) is 7.22. The molecule has 1 fully saturated rings. The van der Waals surface area contributed by atoms with Crippen molar-refractivity contribution in [3.05, 3.63) is 42.5 Å². The van der Waals surface area contributed by atoms with E-state index in [4.69, 9.17) is 19.2 Å². The Morgan fingerprint density at radius 3 is 2.77 bits per heavy atom. The van der Waals surface area contributed by atoms with Crippen LogP contribution in [0.2, 0.25) is 0 Å². The standard InChI is InChI=1S/C22H23N5O3/c1-28-18-10-9-14(12-19(18)29-2)20-25-26-21-16-7-3-4-8-17(16)24-22(27(20)21)23-13-15-6-5-11-30-15/h3-4,7-10,12,15H,5-6,11,13H2,1-2H3,(H,23,24). The van der Waals surface area contributed by atoms with E-state index in [0.29, 0.717) is 29.8 Å². The lowest BCUT2D eigenvalue weighted by atomic mass is 10.2. The van der Waals surface area contributed by atoms with E-state index < -0.39 is 0 Å². The molecule has 0 radical (unpaired) electrons. The smallest absolute Gasteiger partial charge is 0.211 e. The maximum atomic E-state index is 5.77. The molecule has 8 nitrogen and oxygen atoms in total. The summed E-state index contributed by atoms with van der Waals surface area (Å²) in [6, 6.07) is 13.6. The summed E-state index contributed by atoms with van der Waals surface area (Å²) in [5, 5.41) is 13.4. The monoisotopic (exact) mass is 405 g/mol. The van der Waals surface area contributed by atoms with Crippen LogP contribution >= 0.6 is 0 Å². The Morgan fingerprint density at radius 2 is 1.97 bits per heavy atom. The zero-order valence-corrected chi connectivity index (χ0v) is 17.0. The molecule has 1 aliphatic rings. The van der Waals surface area contributed by atoms with Gasteiger partial charge in [0, 0.05) is 24.1 Å².